The Balaban J connectivity index is 0.000000135. The van der Waals surface area contributed by atoms with Gasteiger partial charge in [0.2, 0.25) is 0 Å². The van der Waals surface area contributed by atoms with Crippen LogP contribution in [0.3, 0.4) is 0 Å². The van der Waals surface area contributed by atoms with Crippen molar-refractivity contribution in [2.45, 2.75) is 0 Å². The van der Waals surface area contributed by atoms with Gasteiger partial charge in [0.05, 0.1) is 44.1 Å². The summed E-state index contributed by atoms with van der Waals surface area (Å²) >= 11 is 0. The minimum Gasteiger partial charge on any atom is -0.456 e. The van der Waals surface area contributed by atoms with Gasteiger partial charge in [0, 0.05) is 87.4 Å². The predicted molar refractivity (Wildman–Crippen MR) is 452 cm³/mol. The Bertz CT molecular complexity index is 7490. The second kappa shape index (κ2) is 24.6. The van der Waals surface area contributed by atoms with Gasteiger partial charge in [-0.2, -0.15) is 0 Å². The molecule has 0 saturated carbocycles. The molecular weight excluding hydrogens is 1310 g/mol. The SMILES string of the molecule is c1ccc(-c2cc(-c3ccccc3)cc(-n3c4ccccc4c4cc(-c5ccc6c7ccccc7n(-c7ccc8oc9ccccc9c8c7)c6c5)ccc43)c2)cc1.c1ccc(-c2cccc(-n3c4ccccc4c4cc(-c5ccc6c7ccccc7n(-c7ccc8oc9ccccc9c8c7)c6c5)ccc43)c2)cc1. The van der Waals surface area contributed by atoms with Gasteiger partial charge < -0.3 is 27.1 Å². The number of hydrogen-bond acceptors (Lipinski definition) is 2. The number of benzene rings is 17. The molecule has 0 amide bonds. The second-order valence-electron chi connectivity index (χ2n) is 28.3. The lowest BCUT2D eigenvalue weighted by Gasteiger charge is -2.14. The Labute approximate surface area is 620 Å². The van der Waals surface area contributed by atoms with Crippen molar-refractivity contribution in [1.82, 2.24) is 18.3 Å². The normalized spacial score (nSPS) is 11.9. The molecule has 23 aromatic rings. The molecule has 6 aromatic heterocycles. The van der Waals surface area contributed by atoms with Crippen LogP contribution >= 0.6 is 0 Å². The van der Waals surface area contributed by atoms with Gasteiger partial charge in [-0.3, -0.25) is 0 Å². The zero-order valence-electron chi connectivity index (χ0n) is 58.6. The average Bonchev–Trinajstić information content (AvgIpc) is 1.59. The molecule has 0 unspecified atom stereocenters. The Morgan fingerprint density at radius 3 is 0.880 bits per heavy atom. The topological polar surface area (TPSA) is 46.0 Å². The van der Waals surface area contributed by atoms with E-state index in [-0.39, 0.29) is 0 Å². The summed E-state index contributed by atoms with van der Waals surface area (Å²) in [6, 6.07) is 140. The first-order valence-corrected chi connectivity index (χ1v) is 36.9. The summed E-state index contributed by atoms with van der Waals surface area (Å²) in [6.07, 6.45) is 0. The molecule has 0 radical (unpaired) electrons. The number of rotatable bonds is 9. The Hall–Kier alpha value is -14.5. The van der Waals surface area contributed by atoms with Crippen LogP contribution in [0.4, 0.5) is 0 Å². The third-order valence-electron chi connectivity index (χ3n) is 22.2. The summed E-state index contributed by atoms with van der Waals surface area (Å²) in [5, 5.41) is 14.4. The van der Waals surface area contributed by atoms with E-state index in [1.807, 2.05) is 24.3 Å². The first kappa shape index (κ1) is 61.1. The van der Waals surface area contributed by atoms with Crippen molar-refractivity contribution in [1.29, 1.82) is 0 Å². The summed E-state index contributed by atoms with van der Waals surface area (Å²) < 4.78 is 22.0. The maximum atomic E-state index is 6.21. The lowest BCUT2D eigenvalue weighted by Crippen LogP contribution is -1.96. The maximum Gasteiger partial charge on any atom is 0.135 e. The first-order valence-electron chi connectivity index (χ1n) is 36.9. The van der Waals surface area contributed by atoms with Gasteiger partial charge in [0.15, 0.2) is 0 Å². The Kier molecular flexibility index (Phi) is 13.9. The molecule has 0 N–H and O–H groups in total. The van der Waals surface area contributed by atoms with Crippen molar-refractivity contribution in [3.05, 3.63) is 388 Å². The van der Waals surface area contributed by atoms with Gasteiger partial charge in [-0.15, -0.1) is 0 Å². The molecule has 0 bridgehead atoms. The van der Waals surface area contributed by atoms with E-state index in [9.17, 15) is 0 Å². The fraction of sp³-hybridized carbons (Fsp3) is 0. The Morgan fingerprint density at radius 1 is 0.130 bits per heavy atom. The van der Waals surface area contributed by atoms with Crippen LogP contribution in [0.1, 0.15) is 0 Å². The van der Waals surface area contributed by atoms with Crippen LogP contribution in [-0.4, -0.2) is 18.3 Å². The van der Waals surface area contributed by atoms with E-state index in [2.05, 4.69) is 382 Å². The summed E-state index contributed by atoms with van der Waals surface area (Å²) in [5.74, 6) is 0. The molecule has 0 aliphatic carbocycles. The molecule has 0 atom stereocenters. The highest BCUT2D eigenvalue weighted by Gasteiger charge is 2.22. The number of aromatic nitrogens is 4. The molecular formula is C102H64N4O2. The van der Waals surface area contributed by atoms with Gasteiger partial charge in [0.25, 0.3) is 0 Å². The van der Waals surface area contributed by atoms with Crippen molar-refractivity contribution in [2.75, 3.05) is 0 Å². The van der Waals surface area contributed by atoms with E-state index in [1.54, 1.807) is 0 Å². The van der Waals surface area contributed by atoms with Crippen LogP contribution in [0.2, 0.25) is 0 Å². The van der Waals surface area contributed by atoms with E-state index in [1.165, 1.54) is 143 Å². The van der Waals surface area contributed by atoms with E-state index in [0.29, 0.717) is 0 Å². The molecule has 0 fully saturated rings. The van der Waals surface area contributed by atoms with Gasteiger partial charge >= 0.3 is 0 Å². The van der Waals surface area contributed by atoms with Gasteiger partial charge in [-0.25, -0.2) is 0 Å². The third-order valence-corrected chi connectivity index (χ3v) is 22.2. The van der Waals surface area contributed by atoms with Crippen molar-refractivity contribution in [3.8, 4) is 78.4 Å². The smallest absolute Gasteiger partial charge is 0.135 e. The lowest BCUT2D eigenvalue weighted by molar-refractivity contribution is 0.668. The van der Waals surface area contributed by atoms with Crippen molar-refractivity contribution in [2.24, 2.45) is 0 Å². The van der Waals surface area contributed by atoms with Gasteiger partial charge in [-0.05, 0) is 195 Å². The highest BCUT2D eigenvalue weighted by Crippen LogP contribution is 2.44. The zero-order valence-corrected chi connectivity index (χ0v) is 58.6. The van der Waals surface area contributed by atoms with Crippen LogP contribution < -0.4 is 0 Å². The molecule has 0 aliphatic rings. The highest BCUT2D eigenvalue weighted by atomic mass is 16.3. The summed E-state index contributed by atoms with van der Waals surface area (Å²) in [7, 11) is 0. The monoisotopic (exact) mass is 1380 g/mol. The largest absolute Gasteiger partial charge is 0.456 e. The highest BCUT2D eigenvalue weighted by molar-refractivity contribution is 6.16. The predicted octanol–water partition coefficient (Wildman–Crippen LogP) is 27.9. The van der Waals surface area contributed by atoms with E-state index >= 15 is 0 Å². The molecule has 0 aliphatic heterocycles. The zero-order chi connectivity index (χ0) is 70.9. The molecule has 6 heteroatoms. The van der Waals surface area contributed by atoms with Crippen LogP contribution in [0.5, 0.6) is 0 Å². The molecule has 23 rings (SSSR count). The first-order chi connectivity index (χ1) is 53.5. The fourth-order valence-electron chi connectivity index (χ4n) is 17.2. The summed E-state index contributed by atoms with van der Waals surface area (Å²) in [5.41, 5.74) is 29.6. The van der Waals surface area contributed by atoms with Crippen molar-refractivity contribution in [3.63, 3.8) is 0 Å². The quantitative estimate of drug-likeness (QED) is 0.145. The molecule has 6 heterocycles. The van der Waals surface area contributed by atoms with Gasteiger partial charge in [0.1, 0.15) is 22.3 Å². The van der Waals surface area contributed by atoms with E-state index < -0.39 is 0 Å². The standard InChI is InChI=1S/C54H34N2O.C48H30N2O/c1-3-13-35(14-4-1)39-29-40(36-15-5-2-6-16-36)31-42(30-39)56-50-21-11-8-18-44(50)47-32-37(24-27-51(47)56)38-23-26-45-43-17-7-10-20-49(43)55(52(45)33-38)41-25-28-54-48(34-41)46-19-9-12-22-53(46)57-54;1-2-11-31(12-3-1)32-13-10-14-35(27-32)49-44-19-8-5-16-38(44)41-28-33(22-25-45(41)49)34-21-24-39-37-15-4-7-18-43(37)50(46(39)29-34)36-23-26-48-42(30-36)40-17-6-9-20-47(40)51-48/h1-34H;1-30H. The third kappa shape index (κ3) is 9.88. The molecule has 504 valence electrons. The number of furan rings is 2. The molecule has 0 spiro atoms. The minimum atomic E-state index is 0.900. The van der Waals surface area contributed by atoms with Crippen molar-refractivity contribution >= 4 is 131 Å². The van der Waals surface area contributed by atoms with E-state index in [0.717, 1.165) is 66.6 Å². The van der Waals surface area contributed by atoms with Crippen LogP contribution in [0.25, 0.3) is 209 Å². The molecule has 17 aromatic carbocycles. The van der Waals surface area contributed by atoms with Crippen molar-refractivity contribution < 1.29 is 8.83 Å². The number of para-hydroxylation sites is 6. The molecule has 0 saturated heterocycles. The fourth-order valence-corrected chi connectivity index (χ4v) is 17.2. The van der Waals surface area contributed by atoms with Crippen LogP contribution in [0, 0.1) is 0 Å². The Morgan fingerprint density at radius 2 is 0.426 bits per heavy atom. The van der Waals surface area contributed by atoms with Crippen LogP contribution in [-0.2, 0) is 0 Å². The summed E-state index contributed by atoms with van der Waals surface area (Å²) in [6.45, 7) is 0. The average molecular weight is 1380 g/mol. The molecule has 6 nitrogen and oxygen atoms in total. The van der Waals surface area contributed by atoms with E-state index in [4.69, 9.17) is 8.83 Å². The summed E-state index contributed by atoms with van der Waals surface area (Å²) in [4.78, 5) is 0. The van der Waals surface area contributed by atoms with Crippen LogP contribution in [0.15, 0.2) is 397 Å². The number of nitrogens with zero attached hydrogens (tertiary/aromatic N) is 4. The number of hydrogen-bond donors (Lipinski definition) is 0. The lowest BCUT2D eigenvalue weighted by atomic mass is 9.98. The minimum absolute atomic E-state index is 0.900. The number of fused-ring (bicyclic) bond motifs is 18. The van der Waals surface area contributed by atoms with Gasteiger partial charge in [-0.1, -0.05) is 249 Å². The molecule has 108 heavy (non-hydrogen) atoms. The second-order valence-corrected chi connectivity index (χ2v) is 28.3. The maximum absolute atomic E-state index is 6.21.